The van der Waals surface area contributed by atoms with Gasteiger partial charge in [0.15, 0.2) is 0 Å². The van der Waals surface area contributed by atoms with Crippen molar-refractivity contribution >= 4 is 0 Å². The highest BCUT2D eigenvalue weighted by Crippen LogP contribution is 2.02. The van der Waals surface area contributed by atoms with E-state index in [2.05, 4.69) is 0 Å². The number of hydrogen-bond acceptors (Lipinski definition) is 1. The maximum absolute atomic E-state index is 8.99. The van der Waals surface area contributed by atoms with Crippen LogP contribution in [0.3, 0.4) is 0 Å². The second-order valence-corrected chi connectivity index (χ2v) is 0.974. The molecule has 1 aromatic carbocycles. The summed E-state index contributed by atoms with van der Waals surface area (Å²) in [7, 11) is 0. The van der Waals surface area contributed by atoms with E-state index in [1.54, 1.807) is 0 Å². The van der Waals surface area contributed by atoms with Crippen LogP contribution in [-0.2, 0) is 0 Å². The van der Waals surface area contributed by atoms with Gasteiger partial charge in [0.05, 0.1) is 6.85 Å². The molecule has 36 valence electrons. The molecule has 0 atom stereocenters. The average Bonchev–Trinajstić information content (AvgIpc) is 2.08. The van der Waals surface area contributed by atoms with Crippen LogP contribution in [0.15, 0.2) is 30.2 Å². The minimum Gasteiger partial charge on any atom is -0.508 e. The van der Waals surface area contributed by atoms with Crippen LogP contribution in [0.5, 0.6) is 5.75 Å². The zero-order chi connectivity index (χ0) is 9.46. The number of para-hydroxylation sites is 1. The van der Waals surface area contributed by atoms with Crippen molar-refractivity contribution in [3.8, 4) is 5.75 Å². The van der Waals surface area contributed by atoms with Gasteiger partial charge in [-0.25, -0.2) is 0 Å². The molecule has 1 nitrogen and oxygen atoms in total. The van der Waals surface area contributed by atoms with E-state index >= 15 is 0 Å². The second-order valence-electron chi connectivity index (χ2n) is 0.974. The Morgan fingerprint density at radius 1 is 1.29 bits per heavy atom. The van der Waals surface area contributed by atoms with Crippen LogP contribution in [0.25, 0.3) is 0 Å². The van der Waals surface area contributed by atoms with E-state index in [-0.39, 0.29) is 0 Å². The van der Waals surface area contributed by atoms with Crippen LogP contribution in [0.1, 0.15) is 6.85 Å². The van der Waals surface area contributed by atoms with Gasteiger partial charge in [-0.15, -0.1) is 0 Å². The smallest absolute Gasteiger partial charge is 0.115 e. The van der Waals surface area contributed by atoms with E-state index in [1.165, 1.54) is 0 Å². The summed E-state index contributed by atoms with van der Waals surface area (Å²) < 4.78 is 35.4. The molecule has 0 heterocycles. The number of aromatic hydroxyl groups is 1. The zero-order valence-electron chi connectivity index (χ0n) is 8.45. The van der Waals surface area contributed by atoms with E-state index in [1.807, 2.05) is 0 Å². The molecule has 0 aromatic heterocycles. The molecular formula is C6H6O. The SMILES string of the molecule is [2H]c1c([2H])c([2H])c(O)c([2H])c1[2H]. The third kappa shape index (κ3) is 0.929. The van der Waals surface area contributed by atoms with Gasteiger partial charge < -0.3 is 5.11 Å². The topological polar surface area (TPSA) is 20.2 Å². The van der Waals surface area contributed by atoms with E-state index < -0.39 is 36.0 Å². The van der Waals surface area contributed by atoms with Crippen molar-refractivity contribution in [2.24, 2.45) is 0 Å². The molecule has 7 heavy (non-hydrogen) atoms. The lowest BCUT2D eigenvalue weighted by Gasteiger charge is -1.82. The first-order valence-corrected chi connectivity index (χ1v) is 1.72. The van der Waals surface area contributed by atoms with Crippen molar-refractivity contribution < 1.29 is 12.0 Å². The largest absolute Gasteiger partial charge is 0.508 e. The van der Waals surface area contributed by atoms with Crippen molar-refractivity contribution in [3.05, 3.63) is 30.2 Å². The molecule has 1 rings (SSSR count). The number of phenols is 1. The molecule has 1 aromatic rings. The van der Waals surface area contributed by atoms with Gasteiger partial charge in [0.2, 0.25) is 0 Å². The summed E-state index contributed by atoms with van der Waals surface area (Å²) in [6.45, 7) is 0. The maximum atomic E-state index is 8.99. The number of rotatable bonds is 0. The first-order chi connectivity index (χ1) is 5.46. The van der Waals surface area contributed by atoms with Gasteiger partial charge >= 0.3 is 0 Å². The second kappa shape index (κ2) is 1.65. The number of benzene rings is 1. The van der Waals surface area contributed by atoms with Crippen LogP contribution in [0.4, 0.5) is 0 Å². The van der Waals surface area contributed by atoms with Crippen LogP contribution in [0, 0.1) is 0 Å². The highest BCUT2D eigenvalue weighted by molar-refractivity contribution is 5.18. The highest BCUT2D eigenvalue weighted by Gasteiger charge is 1.74. The lowest BCUT2D eigenvalue weighted by molar-refractivity contribution is 0.475. The van der Waals surface area contributed by atoms with Crippen molar-refractivity contribution in [1.29, 1.82) is 0 Å². The van der Waals surface area contributed by atoms with Gasteiger partial charge in [0, 0.05) is 0 Å². The minimum atomic E-state index is -0.707. The van der Waals surface area contributed by atoms with Crippen molar-refractivity contribution in [3.63, 3.8) is 0 Å². The number of phenolic OH excluding ortho intramolecular Hbond substituents is 1. The van der Waals surface area contributed by atoms with Gasteiger partial charge in [0.1, 0.15) is 5.75 Å². The van der Waals surface area contributed by atoms with Gasteiger partial charge in [-0.1, -0.05) is 18.1 Å². The Labute approximate surface area is 49.3 Å². The monoisotopic (exact) mass is 99.1 g/mol. The van der Waals surface area contributed by atoms with Crippen molar-refractivity contribution in [2.75, 3.05) is 0 Å². The summed E-state index contributed by atoms with van der Waals surface area (Å²) >= 11 is 0. The van der Waals surface area contributed by atoms with Crippen LogP contribution in [-0.4, -0.2) is 5.11 Å². The van der Waals surface area contributed by atoms with Crippen LogP contribution in [0.2, 0.25) is 0 Å². The first kappa shape index (κ1) is 1.25. The van der Waals surface area contributed by atoms with Crippen LogP contribution >= 0.6 is 0 Å². The Balaban J connectivity index is 3.60. The quantitative estimate of drug-likeness (QED) is 0.521. The maximum Gasteiger partial charge on any atom is 0.115 e. The average molecular weight is 99.1 g/mol. The Kier molecular flexibility index (Phi) is 0.294. The molecule has 0 unspecified atom stereocenters. The lowest BCUT2D eigenvalue weighted by atomic mass is 10.3. The molecule has 0 saturated heterocycles. The van der Waals surface area contributed by atoms with E-state index in [0.717, 1.165) is 0 Å². The summed E-state index contributed by atoms with van der Waals surface area (Å²) in [4.78, 5) is 0. The van der Waals surface area contributed by atoms with Gasteiger partial charge in [-0.2, -0.15) is 0 Å². The molecule has 0 bridgehead atoms. The van der Waals surface area contributed by atoms with E-state index in [0.29, 0.717) is 0 Å². The molecule has 1 N–H and O–H groups in total. The highest BCUT2D eigenvalue weighted by atomic mass is 16.3. The number of hydrogen-bond donors (Lipinski definition) is 1. The fourth-order valence-corrected chi connectivity index (χ4v) is 0.243. The van der Waals surface area contributed by atoms with Crippen molar-refractivity contribution in [1.82, 2.24) is 0 Å². The first-order valence-electron chi connectivity index (χ1n) is 4.22. The molecule has 0 radical (unpaired) electrons. The molecular weight excluding hydrogens is 88.1 g/mol. The fourth-order valence-electron chi connectivity index (χ4n) is 0.243. The Morgan fingerprint density at radius 3 is 2.43 bits per heavy atom. The summed E-state index contributed by atoms with van der Waals surface area (Å²) in [5.74, 6) is -0.707. The van der Waals surface area contributed by atoms with E-state index in [4.69, 9.17) is 12.0 Å². The molecule has 0 aliphatic heterocycles. The Bertz CT molecular complexity index is 230. The van der Waals surface area contributed by atoms with E-state index in [9.17, 15) is 0 Å². The minimum absolute atomic E-state index is 0.497. The van der Waals surface area contributed by atoms with Crippen molar-refractivity contribution in [2.45, 2.75) is 0 Å². The standard InChI is InChI=1S/C6H6O/c7-6-4-2-1-3-5-6/h1-5,7H/i1D,2D,3D,4D,5D. The molecule has 0 aliphatic carbocycles. The zero-order valence-corrected chi connectivity index (χ0v) is 3.45. The summed E-state index contributed by atoms with van der Waals surface area (Å²) in [5.41, 5.74) is 0. The predicted molar refractivity (Wildman–Crippen MR) is 28.1 cm³/mol. The molecule has 0 saturated carbocycles. The predicted octanol–water partition coefficient (Wildman–Crippen LogP) is 1.39. The molecule has 0 spiro atoms. The fraction of sp³-hybridized carbons (Fsp3) is 0. The van der Waals surface area contributed by atoms with Crippen LogP contribution < -0.4 is 0 Å². The summed E-state index contributed by atoms with van der Waals surface area (Å²) in [5, 5.41) is 8.99. The van der Waals surface area contributed by atoms with Gasteiger partial charge in [-0.3, -0.25) is 0 Å². The Hall–Kier alpha value is -0.980. The third-order valence-corrected chi connectivity index (χ3v) is 0.487. The third-order valence-electron chi connectivity index (χ3n) is 0.487. The normalized spacial score (nSPS) is 18.6. The molecule has 0 fully saturated rings. The van der Waals surface area contributed by atoms with Gasteiger partial charge in [-0.05, 0) is 12.1 Å². The molecule has 1 heteroatoms. The lowest BCUT2D eigenvalue weighted by Crippen LogP contribution is -1.56. The molecule has 0 aliphatic rings. The Morgan fingerprint density at radius 2 is 1.86 bits per heavy atom. The molecule has 0 amide bonds. The summed E-state index contributed by atoms with van der Waals surface area (Å²) in [6.07, 6.45) is 0. The van der Waals surface area contributed by atoms with Gasteiger partial charge in [0.25, 0.3) is 0 Å². The summed E-state index contributed by atoms with van der Waals surface area (Å²) in [6, 6.07) is -2.67.